The van der Waals surface area contributed by atoms with Crippen molar-refractivity contribution in [3.8, 4) is 17.2 Å². The highest BCUT2D eigenvalue weighted by Crippen LogP contribution is 2.38. The molecule has 1 rings (SSSR count). The zero-order valence-electron chi connectivity index (χ0n) is 14.3. The summed E-state index contributed by atoms with van der Waals surface area (Å²) >= 11 is 1.63. The molecule has 1 amide bonds. The zero-order valence-corrected chi connectivity index (χ0v) is 15.1. The van der Waals surface area contributed by atoms with E-state index in [-0.39, 0.29) is 5.56 Å². The average Bonchev–Trinajstić information content (AvgIpc) is 2.59. The lowest BCUT2D eigenvalue weighted by Crippen LogP contribution is -2.40. The number of nitrogens with one attached hydrogen (secondary N) is 1. The number of amides is 1. The van der Waals surface area contributed by atoms with Gasteiger partial charge in [-0.05, 0) is 37.0 Å². The molecule has 0 aliphatic heterocycles. The Bertz CT molecular complexity index is 553. The SMILES string of the molecule is COc1cc(C(=O)NC(CCCSC)C(=O)O)cc(OC)c1OC. The second-order valence-electron chi connectivity index (χ2n) is 4.91. The Labute approximate surface area is 145 Å². The highest BCUT2D eigenvalue weighted by Gasteiger charge is 2.22. The molecule has 1 atom stereocenters. The molecular formula is C16H23NO6S. The fourth-order valence-corrected chi connectivity index (χ4v) is 2.60. The van der Waals surface area contributed by atoms with Gasteiger partial charge in [0.1, 0.15) is 6.04 Å². The molecule has 0 fully saturated rings. The van der Waals surface area contributed by atoms with E-state index in [0.29, 0.717) is 30.1 Å². The first-order chi connectivity index (χ1) is 11.5. The van der Waals surface area contributed by atoms with Crippen LogP contribution in [-0.4, -0.2) is 56.4 Å². The Morgan fingerprint density at radius 1 is 1.17 bits per heavy atom. The fourth-order valence-electron chi connectivity index (χ4n) is 2.14. The summed E-state index contributed by atoms with van der Waals surface area (Å²) in [7, 11) is 4.36. The lowest BCUT2D eigenvalue weighted by molar-refractivity contribution is -0.139. The van der Waals surface area contributed by atoms with Crippen LogP contribution >= 0.6 is 11.8 Å². The number of rotatable bonds is 10. The first-order valence-electron chi connectivity index (χ1n) is 7.31. The molecule has 1 aromatic rings. The number of carboxylic acid groups (broad SMARTS) is 1. The molecule has 0 saturated carbocycles. The fraction of sp³-hybridized carbons (Fsp3) is 0.500. The largest absolute Gasteiger partial charge is 0.493 e. The van der Waals surface area contributed by atoms with Gasteiger partial charge in [0.25, 0.3) is 5.91 Å². The van der Waals surface area contributed by atoms with Gasteiger partial charge in [0.15, 0.2) is 11.5 Å². The standard InChI is InChI=1S/C16H23NO6S/c1-21-12-8-10(9-13(22-2)14(12)23-3)15(18)17-11(16(19)20)6-5-7-24-4/h8-9,11H,5-7H2,1-4H3,(H,17,18)(H,19,20). The molecule has 24 heavy (non-hydrogen) atoms. The molecule has 0 bridgehead atoms. The maximum absolute atomic E-state index is 12.4. The van der Waals surface area contributed by atoms with Crippen molar-refractivity contribution >= 4 is 23.6 Å². The van der Waals surface area contributed by atoms with Gasteiger partial charge < -0.3 is 24.6 Å². The third-order valence-corrected chi connectivity index (χ3v) is 4.07. The summed E-state index contributed by atoms with van der Waals surface area (Å²) in [6, 6.07) is 2.03. The lowest BCUT2D eigenvalue weighted by atomic mass is 10.1. The minimum absolute atomic E-state index is 0.237. The Morgan fingerprint density at radius 2 is 1.75 bits per heavy atom. The van der Waals surface area contributed by atoms with E-state index in [9.17, 15) is 14.7 Å². The summed E-state index contributed by atoms with van der Waals surface area (Å²) in [5, 5.41) is 11.8. The van der Waals surface area contributed by atoms with Gasteiger partial charge in [-0.3, -0.25) is 4.79 Å². The van der Waals surface area contributed by atoms with Crippen LogP contribution < -0.4 is 19.5 Å². The second-order valence-corrected chi connectivity index (χ2v) is 5.90. The number of ether oxygens (including phenoxy) is 3. The van der Waals surface area contributed by atoms with Crippen LogP contribution in [0.3, 0.4) is 0 Å². The van der Waals surface area contributed by atoms with E-state index < -0.39 is 17.9 Å². The van der Waals surface area contributed by atoms with Crippen LogP contribution in [0.25, 0.3) is 0 Å². The minimum atomic E-state index is -1.06. The molecule has 1 unspecified atom stereocenters. The summed E-state index contributed by atoms with van der Waals surface area (Å²) in [6.45, 7) is 0. The molecule has 134 valence electrons. The summed E-state index contributed by atoms with van der Waals surface area (Å²) < 4.78 is 15.6. The molecule has 0 aliphatic rings. The summed E-state index contributed by atoms with van der Waals surface area (Å²) in [5.74, 6) is 0.297. The molecule has 0 heterocycles. The van der Waals surface area contributed by atoms with E-state index in [0.717, 1.165) is 5.75 Å². The van der Waals surface area contributed by atoms with Crippen molar-refractivity contribution in [2.24, 2.45) is 0 Å². The molecule has 1 aromatic carbocycles. The van der Waals surface area contributed by atoms with Crippen molar-refractivity contribution in [1.29, 1.82) is 0 Å². The first-order valence-corrected chi connectivity index (χ1v) is 8.70. The number of carbonyl (C=O) groups excluding carboxylic acids is 1. The van der Waals surface area contributed by atoms with Crippen molar-refractivity contribution in [3.05, 3.63) is 17.7 Å². The van der Waals surface area contributed by atoms with Gasteiger partial charge in [0, 0.05) is 5.56 Å². The predicted octanol–water partition coefficient (Wildman–Crippen LogP) is 2.04. The molecule has 0 aromatic heterocycles. The minimum Gasteiger partial charge on any atom is -0.493 e. The van der Waals surface area contributed by atoms with E-state index >= 15 is 0 Å². The highest BCUT2D eigenvalue weighted by molar-refractivity contribution is 7.98. The number of aliphatic carboxylic acids is 1. The topological polar surface area (TPSA) is 94.1 Å². The smallest absolute Gasteiger partial charge is 0.326 e. The third-order valence-electron chi connectivity index (χ3n) is 3.37. The van der Waals surface area contributed by atoms with Crippen LogP contribution in [0.5, 0.6) is 17.2 Å². The summed E-state index contributed by atoms with van der Waals surface area (Å²) in [4.78, 5) is 23.7. The molecule has 7 nitrogen and oxygen atoms in total. The Hall–Kier alpha value is -2.09. The molecule has 0 radical (unpaired) electrons. The molecule has 8 heteroatoms. The normalized spacial score (nSPS) is 11.5. The Kier molecular flexibility index (Phi) is 8.25. The summed E-state index contributed by atoms with van der Waals surface area (Å²) in [5.41, 5.74) is 0.237. The molecule has 0 spiro atoms. The molecule has 0 saturated heterocycles. The highest BCUT2D eigenvalue weighted by atomic mass is 32.2. The van der Waals surface area contributed by atoms with Crippen molar-refractivity contribution in [3.63, 3.8) is 0 Å². The van der Waals surface area contributed by atoms with E-state index in [4.69, 9.17) is 14.2 Å². The predicted molar refractivity (Wildman–Crippen MR) is 92.6 cm³/mol. The summed E-state index contributed by atoms with van der Waals surface area (Å²) in [6.07, 6.45) is 3.02. The van der Waals surface area contributed by atoms with Gasteiger partial charge in [-0.25, -0.2) is 4.79 Å². The van der Waals surface area contributed by atoms with Crippen LogP contribution in [0.2, 0.25) is 0 Å². The number of thioether (sulfide) groups is 1. The number of benzene rings is 1. The van der Waals surface area contributed by atoms with E-state index in [1.165, 1.54) is 33.5 Å². The van der Waals surface area contributed by atoms with Gasteiger partial charge in [0.05, 0.1) is 21.3 Å². The van der Waals surface area contributed by atoms with Gasteiger partial charge in [-0.15, -0.1) is 0 Å². The van der Waals surface area contributed by atoms with Crippen LogP contribution in [0, 0.1) is 0 Å². The molecule has 2 N–H and O–H groups in total. The van der Waals surface area contributed by atoms with Crippen molar-refractivity contribution < 1.29 is 28.9 Å². The van der Waals surface area contributed by atoms with Crippen LogP contribution in [-0.2, 0) is 4.79 Å². The van der Waals surface area contributed by atoms with Gasteiger partial charge in [-0.2, -0.15) is 11.8 Å². The van der Waals surface area contributed by atoms with Crippen LogP contribution in [0.4, 0.5) is 0 Å². The monoisotopic (exact) mass is 357 g/mol. The molecular weight excluding hydrogens is 334 g/mol. The van der Waals surface area contributed by atoms with E-state index in [2.05, 4.69) is 5.32 Å². The maximum Gasteiger partial charge on any atom is 0.326 e. The maximum atomic E-state index is 12.4. The van der Waals surface area contributed by atoms with Crippen LogP contribution in [0.1, 0.15) is 23.2 Å². The van der Waals surface area contributed by atoms with Crippen molar-refractivity contribution in [2.75, 3.05) is 33.3 Å². The number of carboxylic acids is 1. The zero-order chi connectivity index (χ0) is 18.1. The molecule has 0 aliphatic carbocycles. The lowest BCUT2D eigenvalue weighted by Gasteiger charge is -2.17. The van der Waals surface area contributed by atoms with Crippen molar-refractivity contribution in [1.82, 2.24) is 5.32 Å². The number of carbonyl (C=O) groups is 2. The van der Waals surface area contributed by atoms with Gasteiger partial charge in [0.2, 0.25) is 5.75 Å². The van der Waals surface area contributed by atoms with Gasteiger partial charge >= 0.3 is 5.97 Å². The Morgan fingerprint density at radius 3 is 2.17 bits per heavy atom. The number of hydrogen-bond donors (Lipinski definition) is 2. The van der Waals surface area contributed by atoms with Gasteiger partial charge in [-0.1, -0.05) is 0 Å². The third kappa shape index (κ3) is 5.23. The quantitative estimate of drug-likeness (QED) is 0.619. The van der Waals surface area contributed by atoms with Crippen molar-refractivity contribution in [2.45, 2.75) is 18.9 Å². The average molecular weight is 357 g/mol. The number of hydrogen-bond acceptors (Lipinski definition) is 6. The second kappa shape index (κ2) is 9.92. The Balaban J connectivity index is 2.98. The van der Waals surface area contributed by atoms with E-state index in [1.54, 1.807) is 11.8 Å². The first kappa shape index (κ1) is 20.0. The van der Waals surface area contributed by atoms with E-state index in [1.807, 2.05) is 6.26 Å². The number of methoxy groups -OCH3 is 3. The van der Waals surface area contributed by atoms with Crippen LogP contribution in [0.15, 0.2) is 12.1 Å².